The number of benzene rings is 2. The number of ether oxygens (including phenoxy) is 1. The van der Waals surface area contributed by atoms with Crippen LogP contribution in [-0.2, 0) is 10.0 Å². The molecule has 9 nitrogen and oxygen atoms in total. The van der Waals surface area contributed by atoms with Gasteiger partial charge in [-0.15, -0.1) is 0 Å². The van der Waals surface area contributed by atoms with Gasteiger partial charge >= 0.3 is 0 Å². The first-order valence-electron chi connectivity index (χ1n) is 8.76. The van der Waals surface area contributed by atoms with Crippen molar-refractivity contribution in [1.29, 1.82) is 0 Å². The molecular weight excluding hydrogens is 416 g/mol. The van der Waals surface area contributed by atoms with Crippen molar-refractivity contribution in [2.24, 2.45) is 0 Å². The topological polar surface area (TPSA) is 105 Å². The summed E-state index contributed by atoms with van der Waals surface area (Å²) in [4.78, 5) is 12.3. The largest absolute Gasteiger partial charge is 0.497 e. The van der Waals surface area contributed by atoms with E-state index in [-0.39, 0.29) is 10.6 Å². The number of anilines is 1. The van der Waals surface area contributed by atoms with Crippen molar-refractivity contribution in [1.82, 2.24) is 9.21 Å². The van der Waals surface area contributed by atoms with E-state index in [4.69, 9.17) is 17.0 Å². The van der Waals surface area contributed by atoms with Gasteiger partial charge in [0.15, 0.2) is 5.11 Å². The Labute approximate surface area is 174 Å². The molecule has 2 aromatic rings. The number of rotatable bonds is 5. The first-order valence-corrected chi connectivity index (χ1v) is 10.6. The number of thiocarbonyl (C=S) groups is 1. The Morgan fingerprint density at radius 2 is 1.66 bits per heavy atom. The second-order valence-corrected chi connectivity index (χ2v) is 8.63. The molecule has 2 aromatic carbocycles. The number of sulfonamides is 1. The van der Waals surface area contributed by atoms with Gasteiger partial charge in [0, 0.05) is 44.0 Å². The summed E-state index contributed by atoms with van der Waals surface area (Å²) in [5.74, 6) is 0.594. The molecule has 3 rings (SSSR count). The van der Waals surface area contributed by atoms with Crippen molar-refractivity contribution in [3.63, 3.8) is 0 Å². The Morgan fingerprint density at radius 1 is 1.07 bits per heavy atom. The van der Waals surface area contributed by atoms with Crippen LogP contribution in [0.4, 0.5) is 11.4 Å². The van der Waals surface area contributed by atoms with Gasteiger partial charge in [0.1, 0.15) is 5.75 Å². The molecule has 0 radical (unpaired) electrons. The van der Waals surface area contributed by atoms with Crippen molar-refractivity contribution < 1.29 is 18.1 Å². The van der Waals surface area contributed by atoms with Crippen LogP contribution in [0.1, 0.15) is 0 Å². The lowest BCUT2D eigenvalue weighted by atomic mass is 10.3. The van der Waals surface area contributed by atoms with E-state index in [1.807, 2.05) is 4.90 Å². The smallest absolute Gasteiger partial charge is 0.269 e. The van der Waals surface area contributed by atoms with Crippen LogP contribution in [0, 0.1) is 10.1 Å². The Morgan fingerprint density at radius 3 is 2.17 bits per heavy atom. The third-order valence-electron chi connectivity index (χ3n) is 4.55. The molecule has 1 saturated heterocycles. The maximum Gasteiger partial charge on any atom is 0.269 e. The van der Waals surface area contributed by atoms with Gasteiger partial charge in [-0.3, -0.25) is 10.1 Å². The molecule has 0 bridgehead atoms. The molecule has 29 heavy (non-hydrogen) atoms. The molecule has 0 atom stereocenters. The highest BCUT2D eigenvalue weighted by Crippen LogP contribution is 2.21. The van der Waals surface area contributed by atoms with Gasteiger partial charge in [-0.05, 0) is 48.6 Å². The summed E-state index contributed by atoms with van der Waals surface area (Å²) in [5, 5.41) is 14.2. The average Bonchev–Trinajstić information content (AvgIpc) is 2.74. The fraction of sp³-hybridized carbons (Fsp3) is 0.278. The van der Waals surface area contributed by atoms with Gasteiger partial charge in [-0.1, -0.05) is 0 Å². The van der Waals surface area contributed by atoms with Gasteiger partial charge in [0.2, 0.25) is 10.0 Å². The summed E-state index contributed by atoms with van der Waals surface area (Å²) in [6.07, 6.45) is 0. The van der Waals surface area contributed by atoms with E-state index in [1.54, 1.807) is 24.3 Å². The Balaban J connectivity index is 1.59. The summed E-state index contributed by atoms with van der Waals surface area (Å²) in [5.41, 5.74) is 0.632. The van der Waals surface area contributed by atoms with Gasteiger partial charge < -0.3 is 15.0 Å². The quantitative estimate of drug-likeness (QED) is 0.433. The van der Waals surface area contributed by atoms with Crippen LogP contribution in [-0.4, -0.2) is 60.9 Å². The number of hydrogen-bond acceptors (Lipinski definition) is 6. The molecule has 1 aliphatic heterocycles. The minimum Gasteiger partial charge on any atom is -0.497 e. The second-order valence-electron chi connectivity index (χ2n) is 6.30. The van der Waals surface area contributed by atoms with Crippen molar-refractivity contribution in [3.8, 4) is 5.75 Å². The summed E-state index contributed by atoms with van der Waals surface area (Å²) in [7, 11) is -2.06. The Kier molecular flexibility index (Phi) is 6.30. The van der Waals surface area contributed by atoms with Gasteiger partial charge in [-0.2, -0.15) is 4.31 Å². The molecule has 1 aliphatic rings. The van der Waals surface area contributed by atoms with Gasteiger partial charge in [0.25, 0.3) is 5.69 Å². The van der Waals surface area contributed by atoms with Crippen LogP contribution < -0.4 is 10.1 Å². The van der Waals surface area contributed by atoms with E-state index in [0.29, 0.717) is 42.7 Å². The van der Waals surface area contributed by atoms with Crippen LogP contribution in [0.2, 0.25) is 0 Å². The minimum absolute atomic E-state index is 0.00109. The Hall–Kier alpha value is -2.76. The van der Waals surface area contributed by atoms with Crippen molar-refractivity contribution in [2.75, 3.05) is 38.6 Å². The maximum absolute atomic E-state index is 12.8. The molecule has 0 saturated carbocycles. The zero-order chi connectivity index (χ0) is 21.0. The average molecular weight is 437 g/mol. The van der Waals surface area contributed by atoms with Crippen LogP contribution in [0.5, 0.6) is 5.75 Å². The number of nitrogens with one attached hydrogen (secondary N) is 1. The normalized spacial score (nSPS) is 15.0. The lowest BCUT2D eigenvalue weighted by Crippen LogP contribution is -2.51. The van der Waals surface area contributed by atoms with Crippen molar-refractivity contribution in [2.45, 2.75) is 4.90 Å². The summed E-state index contributed by atoms with van der Waals surface area (Å²) < 4.78 is 32.1. The standard InChI is InChI=1S/C18H20N4O5S2/c1-27-16-6-8-17(9-7-16)29(25,26)21-12-10-20(11-13-21)18(28)19-14-2-4-15(5-3-14)22(23)24/h2-9H,10-13H2,1H3,(H,19,28). The molecule has 0 unspecified atom stereocenters. The molecule has 154 valence electrons. The lowest BCUT2D eigenvalue weighted by molar-refractivity contribution is -0.384. The minimum atomic E-state index is -3.58. The van der Waals surface area contributed by atoms with Crippen molar-refractivity contribution >= 4 is 38.7 Å². The molecule has 1 heterocycles. The van der Waals surface area contributed by atoms with E-state index in [2.05, 4.69) is 5.32 Å². The molecule has 1 fully saturated rings. The highest BCUT2D eigenvalue weighted by atomic mass is 32.2. The van der Waals surface area contributed by atoms with E-state index in [9.17, 15) is 18.5 Å². The third kappa shape index (κ3) is 4.81. The van der Waals surface area contributed by atoms with Crippen LogP contribution in [0.15, 0.2) is 53.4 Å². The molecular formula is C18H20N4O5S2. The number of nitrogens with zero attached hydrogens (tertiary/aromatic N) is 3. The van der Waals surface area contributed by atoms with Gasteiger partial charge in [-0.25, -0.2) is 8.42 Å². The fourth-order valence-electron chi connectivity index (χ4n) is 2.90. The van der Waals surface area contributed by atoms with E-state index < -0.39 is 14.9 Å². The first kappa shape index (κ1) is 21.0. The number of methoxy groups -OCH3 is 1. The predicted octanol–water partition coefficient (Wildman–Crippen LogP) is 2.31. The molecule has 1 N–H and O–H groups in total. The summed E-state index contributed by atoms with van der Waals surface area (Å²) in [6, 6.07) is 12.2. The molecule has 0 aliphatic carbocycles. The van der Waals surface area contributed by atoms with Crippen LogP contribution in [0.3, 0.4) is 0 Å². The monoisotopic (exact) mass is 436 g/mol. The van der Waals surface area contributed by atoms with E-state index >= 15 is 0 Å². The molecule has 0 amide bonds. The number of hydrogen-bond donors (Lipinski definition) is 1. The van der Waals surface area contributed by atoms with Crippen LogP contribution in [0.25, 0.3) is 0 Å². The van der Waals surface area contributed by atoms with Gasteiger partial charge in [0.05, 0.1) is 16.9 Å². The number of non-ortho nitro benzene ring substituents is 1. The fourth-order valence-corrected chi connectivity index (χ4v) is 4.62. The second kappa shape index (κ2) is 8.72. The Bertz CT molecular complexity index is 986. The number of nitro benzene ring substituents is 1. The zero-order valence-corrected chi connectivity index (χ0v) is 17.3. The lowest BCUT2D eigenvalue weighted by Gasteiger charge is -2.35. The zero-order valence-electron chi connectivity index (χ0n) is 15.6. The highest BCUT2D eigenvalue weighted by Gasteiger charge is 2.29. The first-order chi connectivity index (χ1) is 13.8. The van der Waals surface area contributed by atoms with Crippen LogP contribution >= 0.6 is 12.2 Å². The highest BCUT2D eigenvalue weighted by molar-refractivity contribution is 7.89. The molecule has 11 heteroatoms. The van der Waals surface area contributed by atoms with Crippen molar-refractivity contribution in [3.05, 3.63) is 58.6 Å². The SMILES string of the molecule is COc1ccc(S(=O)(=O)N2CCN(C(=S)Nc3ccc([N+](=O)[O-])cc3)CC2)cc1. The number of piperazine rings is 1. The predicted molar refractivity (Wildman–Crippen MR) is 113 cm³/mol. The maximum atomic E-state index is 12.8. The third-order valence-corrected chi connectivity index (χ3v) is 6.83. The summed E-state index contributed by atoms with van der Waals surface area (Å²) >= 11 is 5.39. The van der Waals surface area contributed by atoms with E-state index in [0.717, 1.165) is 0 Å². The molecule has 0 spiro atoms. The van der Waals surface area contributed by atoms with E-state index in [1.165, 1.54) is 35.7 Å². The summed E-state index contributed by atoms with van der Waals surface area (Å²) in [6.45, 7) is 1.48. The molecule has 0 aromatic heterocycles. The number of nitro groups is 1.